The second-order valence-electron chi connectivity index (χ2n) is 3.93. The fraction of sp³-hybridized carbons (Fsp3) is 0.273. The topological polar surface area (TPSA) is 101 Å². The first kappa shape index (κ1) is 13.3. The molecular formula is C11H10N2O5S. The number of hydrogen-bond acceptors (Lipinski definition) is 5. The minimum absolute atomic E-state index is 0.109. The summed E-state index contributed by atoms with van der Waals surface area (Å²) >= 11 is 1.37. The molecule has 0 aromatic heterocycles. The van der Waals surface area contributed by atoms with E-state index in [1.54, 1.807) is 0 Å². The van der Waals surface area contributed by atoms with Gasteiger partial charge in [0.1, 0.15) is 6.04 Å². The van der Waals surface area contributed by atoms with Crippen molar-refractivity contribution >= 4 is 29.3 Å². The Morgan fingerprint density at radius 1 is 1.37 bits per heavy atom. The van der Waals surface area contributed by atoms with Crippen molar-refractivity contribution in [2.45, 2.75) is 6.04 Å². The van der Waals surface area contributed by atoms with Crippen LogP contribution in [0.2, 0.25) is 0 Å². The molecule has 0 spiro atoms. The molecule has 1 fully saturated rings. The molecule has 7 nitrogen and oxygen atoms in total. The van der Waals surface area contributed by atoms with E-state index in [2.05, 4.69) is 0 Å². The molecule has 1 aromatic rings. The first-order valence-corrected chi connectivity index (χ1v) is 6.52. The molecule has 8 heteroatoms. The zero-order valence-corrected chi connectivity index (χ0v) is 10.5. The Labute approximate surface area is 112 Å². The highest BCUT2D eigenvalue weighted by molar-refractivity contribution is 7.99. The van der Waals surface area contributed by atoms with Crippen LogP contribution in [0, 0.1) is 10.1 Å². The first-order chi connectivity index (χ1) is 9.00. The zero-order chi connectivity index (χ0) is 14.0. The molecule has 1 N–H and O–H groups in total. The van der Waals surface area contributed by atoms with Gasteiger partial charge in [0.25, 0.3) is 11.6 Å². The molecule has 1 saturated heterocycles. The Balaban J connectivity index is 2.19. The lowest BCUT2D eigenvalue weighted by molar-refractivity contribution is -0.384. The third kappa shape index (κ3) is 2.68. The van der Waals surface area contributed by atoms with Crippen molar-refractivity contribution in [2.75, 3.05) is 11.6 Å². The third-order valence-corrected chi connectivity index (χ3v) is 3.77. The highest BCUT2D eigenvalue weighted by atomic mass is 32.2. The van der Waals surface area contributed by atoms with Crippen molar-refractivity contribution in [1.82, 2.24) is 4.90 Å². The molecule has 1 unspecified atom stereocenters. The van der Waals surface area contributed by atoms with Crippen LogP contribution >= 0.6 is 11.8 Å². The van der Waals surface area contributed by atoms with Crippen LogP contribution in [0.1, 0.15) is 10.4 Å². The molecule has 1 atom stereocenters. The summed E-state index contributed by atoms with van der Waals surface area (Å²) in [6.45, 7) is 0. The maximum Gasteiger partial charge on any atom is 0.327 e. The van der Waals surface area contributed by atoms with E-state index < -0.39 is 22.8 Å². The molecule has 100 valence electrons. The average molecular weight is 282 g/mol. The summed E-state index contributed by atoms with van der Waals surface area (Å²) in [5.41, 5.74) is 0.140. The number of thioether (sulfide) groups is 1. The standard InChI is InChI=1S/C11H10N2O5S/c14-10(12-6-19-5-9(12)11(15)16)7-1-3-8(4-2-7)13(17)18/h1-4,9H,5-6H2,(H,15,16). The molecule has 0 bridgehead atoms. The van der Waals surface area contributed by atoms with E-state index in [1.165, 1.54) is 40.9 Å². The van der Waals surface area contributed by atoms with Gasteiger partial charge in [-0.1, -0.05) is 0 Å². The van der Waals surface area contributed by atoms with Crippen molar-refractivity contribution in [2.24, 2.45) is 0 Å². The lowest BCUT2D eigenvalue weighted by Crippen LogP contribution is -2.41. The maximum atomic E-state index is 12.1. The predicted molar refractivity (Wildman–Crippen MR) is 68.0 cm³/mol. The van der Waals surface area contributed by atoms with Gasteiger partial charge in [-0.2, -0.15) is 0 Å². The van der Waals surface area contributed by atoms with Crippen LogP contribution in [0.3, 0.4) is 0 Å². The summed E-state index contributed by atoms with van der Waals surface area (Å²) in [6, 6.07) is 4.29. The van der Waals surface area contributed by atoms with Crippen LogP contribution in [0.25, 0.3) is 0 Å². The van der Waals surface area contributed by atoms with Crippen molar-refractivity contribution in [3.8, 4) is 0 Å². The fourth-order valence-corrected chi connectivity index (χ4v) is 2.88. The summed E-state index contributed by atoms with van der Waals surface area (Å²) in [4.78, 5) is 34.3. The smallest absolute Gasteiger partial charge is 0.327 e. The molecule has 1 aromatic carbocycles. The van der Waals surface area contributed by atoms with E-state index in [0.717, 1.165) is 0 Å². The van der Waals surface area contributed by atoms with E-state index in [9.17, 15) is 19.7 Å². The van der Waals surface area contributed by atoms with E-state index >= 15 is 0 Å². The number of carboxylic acid groups (broad SMARTS) is 1. The van der Waals surface area contributed by atoms with Crippen LogP contribution in [0.5, 0.6) is 0 Å². The minimum Gasteiger partial charge on any atom is -0.480 e. The number of nitro groups is 1. The molecule has 2 rings (SSSR count). The second-order valence-corrected chi connectivity index (χ2v) is 4.93. The Bertz CT molecular complexity index is 530. The Hall–Kier alpha value is -2.09. The number of carbonyl (C=O) groups is 2. The molecule has 0 saturated carbocycles. The number of carboxylic acids is 1. The summed E-state index contributed by atoms with van der Waals surface area (Å²) in [6.07, 6.45) is 0. The van der Waals surface area contributed by atoms with Gasteiger partial charge in [-0.15, -0.1) is 11.8 Å². The summed E-state index contributed by atoms with van der Waals surface area (Å²) in [5.74, 6) is -0.798. The van der Waals surface area contributed by atoms with Gasteiger partial charge in [0.2, 0.25) is 0 Å². The number of benzene rings is 1. The number of hydrogen-bond donors (Lipinski definition) is 1. The lowest BCUT2D eigenvalue weighted by Gasteiger charge is -2.20. The molecular weight excluding hydrogens is 272 g/mol. The van der Waals surface area contributed by atoms with Gasteiger partial charge in [-0.3, -0.25) is 14.9 Å². The average Bonchev–Trinajstić information content (AvgIpc) is 2.87. The van der Waals surface area contributed by atoms with Crippen LogP contribution in [0.15, 0.2) is 24.3 Å². The fourth-order valence-electron chi connectivity index (χ4n) is 1.74. The number of rotatable bonds is 3. The van der Waals surface area contributed by atoms with E-state index in [1.807, 2.05) is 0 Å². The maximum absolute atomic E-state index is 12.1. The van der Waals surface area contributed by atoms with Gasteiger partial charge >= 0.3 is 5.97 Å². The molecule has 1 amide bonds. The predicted octanol–water partition coefficient (Wildman–Crippen LogP) is 1.19. The van der Waals surface area contributed by atoms with Gasteiger partial charge < -0.3 is 10.0 Å². The number of nitro benzene ring substituents is 1. The van der Waals surface area contributed by atoms with E-state index in [0.29, 0.717) is 11.6 Å². The minimum atomic E-state index is -1.04. The number of non-ortho nitro benzene ring substituents is 1. The summed E-state index contributed by atoms with van der Waals surface area (Å²) < 4.78 is 0. The SMILES string of the molecule is O=C(O)C1CSCN1C(=O)c1ccc([N+](=O)[O-])cc1. The Kier molecular flexibility index (Phi) is 3.70. The van der Waals surface area contributed by atoms with Gasteiger partial charge in [0.15, 0.2) is 0 Å². The number of nitrogens with zero attached hydrogens (tertiary/aromatic N) is 2. The van der Waals surface area contributed by atoms with Crippen molar-refractivity contribution < 1.29 is 19.6 Å². The van der Waals surface area contributed by atoms with Gasteiger partial charge in [0, 0.05) is 23.4 Å². The van der Waals surface area contributed by atoms with E-state index in [4.69, 9.17) is 5.11 Å². The molecule has 1 aliphatic heterocycles. The summed E-state index contributed by atoms with van der Waals surface area (Å²) in [5, 5.41) is 19.5. The molecule has 1 aliphatic rings. The highest BCUT2D eigenvalue weighted by Gasteiger charge is 2.35. The monoisotopic (exact) mass is 282 g/mol. The van der Waals surface area contributed by atoms with Crippen LogP contribution in [0.4, 0.5) is 5.69 Å². The van der Waals surface area contributed by atoms with Crippen LogP contribution < -0.4 is 0 Å². The van der Waals surface area contributed by atoms with Gasteiger partial charge in [-0.05, 0) is 12.1 Å². The largest absolute Gasteiger partial charge is 0.480 e. The normalized spacial score (nSPS) is 18.3. The lowest BCUT2D eigenvalue weighted by atomic mass is 10.1. The van der Waals surface area contributed by atoms with E-state index in [-0.39, 0.29) is 11.3 Å². The zero-order valence-electron chi connectivity index (χ0n) is 9.68. The molecule has 1 heterocycles. The number of carbonyl (C=O) groups excluding carboxylic acids is 1. The van der Waals surface area contributed by atoms with Gasteiger partial charge in [0.05, 0.1) is 10.8 Å². The Morgan fingerprint density at radius 2 is 2.00 bits per heavy atom. The molecule has 0 radical (unpaired) electrons. The van der Waals surface area contributed by atoms with Crippen molar-refractivity contribution in [1.29, 1.82) is 0 Å². The number of amides is 1. The third-order valence-electron chi connectivity index (χ3n) is 2.75. The quantitative estimate of drug-likeness (QED) is 0.660. The first-order valence-electron chi connectivity index (χ1n) is 5.36. The number of aliphatic carboxylic acids is 1. The summed E-state index contributed by atoms with van der Waals surface area (Å²) in [7, 11) is 0. The Morgan fingerprint density at radius 3 is 2.53 bits per heavy atom. The van der Waals surface area contributed by atoms with Crippen LogP contribution in [-0.2, 0) is 4.79 Å². The van der Waals surface area contributed by atoms with Crippen molar-refractivity contribution in [3.63, 3.8) is 0 Å². The molecule has 0 aliphatic carbocycles. The molecule has 19 heavy (non-hydrogen) atoms. The van der Waals surface area contributed by atoms with Crippen molar-refractivity contribution in [3.05, 3.63) is 39.9 Å². The highest BCUT2D eigenvalue weighted by Crippen LogP contribution is 2.24. The van der Waals surface area contributed by atoms with Crippen LogP contribution in [-0.4, -0.2) is 44.5 Å². The van der Waals surface area contributed by atoms with Gasteiger partial charge in [-0.25, -0.2) is 4.79 Å². The second kappa shape index (κ2) is 5.27.